The predicted molar refractivity (Wildman–Crippen MR) is 106 cm³/mol. The first kappa shape index (κ1) is 17.8. The summed E-state index contributed by atoms with van der Waals surface area (Å²) < 4.78 is 2.29. The Morgan fingerprint density at radius 2 is 1.50 bits per heavy atom. The van der Waals surface area contributed by atoms with Crippen LogP contribution in [-0.4, -0.2) is 0 Å². The van der Waals surface area contributed by atoms with Gasteiger partial charge in [0.25, 0.3) is 0 Å². The number of hydrogen-bond donors (Lipinski definition) is 2. The summed E-state index contributed by atoms with van der Waals surface area (Å²) in [6.07, 6.45) is 1.92. The second-order valence-corrected chi connectivity index (χ2v) is 6.19. The third kappa shape index (κ3) is 2.87. The van der Waals surface area contributed by atoms with Crippen LogP contribution in [0.5, 0.6) is 0 Å². The monoisotopic (exact) mass is 361 g/mol. The number of hydrogen-bond acceptors (Lipinski definition) is 2. The summed E-state index contributed by atoms with van der Waals surface area (Å²) >= 11 is 0. The number of nitrogens with two attached hydrogens (primary N) is 2. The summed E-state index contributed by atoms with van der Waals surface area (Å²) in [5.41, 5.74) is 16.9. The van der Waals surface area contributed by atoms with Crippen LogP contribution in [0.15, 0.2) is 79.4 Å². The normalized spacial score (nSPS) is 10.6. The molecule has 0 atom stereocenters. The Labute approximate surface area is 159 Å². The largest absolute Gasteiger partial charge is 1.00 e. The molecule has 0 aliphatic rings. The minimum absolute atomic E-state index is 0. The highest BCUT2D eigenvalue weighted by atomic mass is 35.5. The molecule has 0 saturated heterocycles. The van der Waals surface area contributed by atoms with Crippen molar-refractivity contribution in [3.8, 4) is 11.3 Å². The number of aromatic nitrogens is 1. The van der Waals surface area contributed by atoms with Crippen LogP contribution in [0.4, 0.5) is 11.4 Å². The molecule has 4 aromatic rings. The molecule has 26 heavy (non-hydrogen) atoms. The average Bonchev–Trinajstić information content (AvgIpc) is 2.63. The zero-order valence-electron chi connectivity index (χ0n) is 14.3. The van der Waals surface area contributed by atoms with Crippen molar-refractivity contribution < 1.29 is 17.0 Å². The van der Waals surface area contributed by atoms with Gasteiger partial charge < -0.3 is 23.9 Å². The van der Waals surface area contributed by atoms with Crippen molar-refractivity contribution in [2.75, 3.05) is 11.5 Å². The van der Waals surface area contributed by atoms with E-state index in [0.29, 0.717) is 6.54 Å². The molecule has 0 fully saturated rings. The Kier molecular flexibility index (Phi) is 4.83. The smallest absolute Gasteiger partial charge is 0.221 e. The zero-order valence-corrected chi connectivity index (χ0v) is 15.1. The van der Waals surface area contributed by atoms with Crippen LogP contribution in [0.2, 0.25) is 0 Å². The molecule has 0 saturated carbocycles. The minimum Gasteiger partial charge on any atom is -1.00 e. The van der Waals surface area contributed by atoms with Gasteiger partial charge >= 0.3 is 0 Å². The average molecular weight is 362 g/mol. The van der Waals surface area contributed by atoms with Gasteiger partial charge in [0.15, 0.2) is 6.54 Å². The van der Waals surface area contributed by atoms with E-state index in [1.807, 2.05) is 30.3 Å². The number of nitrogen functional groups attached to an aromatic ring is 2. The molecule has 1 aromatic heterocycles. The standard InChI is InChI=1S/C22H19N3.ClH/c1-2-13-25-21-6-4-3-5-19(21)18-12-11-17(24)14-20(18)22(25)15-7-9-16(23)10-8-15;/h2-12,14,23H,1,13,24H2;1H. The molecule has 0 aliphatic carbocycles. The lowest BCUT2D eigenvalue weighted by Gasteiger charge is -2.12. The van der Waals surface area contributed by atoms with Crippen molar-refractivity contribution in [1.82, 2.24) is 0 Å². The fraction of sp³-hybridized carbons (Fsp3) is 0.0455. The zero-order chi connectivity index (χ0) is 17.4. The highest BCUT2D eigenvalue weighted by Gasteiger charge is 2.22. The van der Waals surface area contributed by atoms with Gasteiger partial charge in [-0.25, -0.2) is 0 Å². The third-order valence-electron chi connectivity index (χ3n) is 4.55. The van der Waals surface area contributed by atoms with Crippen LogP contribution in [0, 0.1) is 0 Å². The van der Waals surface area contributed by atoms with E-state index in [4.69, 9.17) is 11.5 Å². The molecule has 4 rings (SSSR count). The van der Waals surface area contributed by atoms with Gasteiger partial charge in [-0.15, -0.1) is 0 Å². The van der Waals surface area contributed by atoms with E-state index in [1.54, 1.807) is 0 Å². The van der Waals surface area contributed by atoms with E-state index in [9.17, 15) is 0 Å². The molecule has 4 heteroatoms. The molecule has 4 N–H and O–H groups in total. The van der Waals surface area contributed by atoms with E-state index in [0.717, 1.165) is 28.0 Å². The van der Waals surface area contributed by atoms with E-state index in [1.165, 1.54) is 16.3 Å². The predicted octanol–water partition coefficient (Wildman–Crippen LogP) is 1.30. The molecule has 0 amide bonds. The highest BCUT2D eigenvalue weighted by Crippen LogP contribution is 2.32. The van der Waals surface area contributed by atoms with Crippen molar-refractivity contribution in [3.63, 3.8) is 0 Å². The molecule has 0 aliphatic heterocycles. The van der Waals surface area contributed by atoms with Gasteiger partial charge in [0, 0.05) is 28.4 Å². The summed E-state index contributed by atoms with van der Waals surface area (Å²) in [5.74, 6) is 0. The van der Waals surface area contributed by atoms with Gasteiger partial charge in [-0.2, -0.15) is 4.57 Å². The maximum Gasteiger partial charge on any atom is 0.221 e. The number of benzene rings is 3. The first-order valence-corrected chi connectivity index (χ1v) is 8.29. The lowest BCUT2D eigenvalue weighted by molar-refractivity contribution is -0.648. The molecular weight excluding hydrogens is 342 g/mol. The van der Waals surface area contributed by atoms with E-state index in [2.05, 4.69) is 53.6 Å². The van der Waals surface area contributed by atoms with Crippen molar-refractivity contribution in [2.45, 2.75) is 6.54 Å². The summed E-state index contributed by atoms with van der Waals surface area (Å²) in [4.78, 5) is 0. The number of halogens is 1. The Balaban J connectivity index is 0.00000196. The van der Waals surface area contributed by atoms with Crippen molar-refractivity contribution >= 4 is 33.1 Å². The number of allylic oxidation sites excluding steroid dienone is 1. The van der Waals surface area contributed by atoms with Crippen molar-refractivity contribution in [2.24, 2.45) is 0 Å². The van der Waals surface area contributed by atoms with E-state index < -0.39 is 0 Å². The topological polar surface area (TPSA) is 55.9 Å². The number of rotatable bonds is 3. The van der Waals surface area contributed by atoms with Gasteiger partial charge in [0.05, 0.1) is 10.8 Å². The lowest BCUT2D eigenvalue weighted by Crippen LogP contribution is -3.00. The maximum absolute atomic E-state index is 6.11. The van der Waals surface area contributed by atoms with Crippen LogP contribution >= 0.6 is 0 Å². The number of para-hydroxylation sites is 1. The highest BCUT2D eigenvalue weighted by molar-refractivity contribution is 6.09. The van der Waals surface area contributed by atoms with E-state index >= 15 is 0 Å². The molecule has 3 nitrogen and oxygen atoms in total. The Bertz CT molecular complexity index is 1100. The fourth-order valence-corrected chi connectivity index (χ4v) is 3.47. The second-order valence-electron chi connectivity index (χ2n) is 6.19. The van der Waals surface area contributed by atoms with Gasteiger partial charge in [-0.05, 0) is 48.5 Å². The summed E-state index contributed by atoms with van der Waals surface area (Å²) in [6.45, 7) is 4.66. The Morgan fingerprint density at radius 3 is 2.23 bits per heavy atom. The fourth-order valence-electron chi connectivity index (χ4n) is 3.47. The van der Waals surface area contributed by atoms with Gasteiger partial charge in [-0.1, -0.05) is 24.8 Å². The maximum atomic E-state index is 6.11. The summed E-state index contributed by atoms with van der Waals surface area (Å²) in [5, 5.41) is 3.53. The van der Waals surface area contributed by atoms with Crippen LogP contribution in [0.25, 0.3) is 32.9 Å². The number of nitrogens with zero attached hydrogens (tertiary/aromatic N) is 1. The Hall–Kier alpha value is -3.04. The molecule has 0 radical (unpaired) electrons. The second kappa shape index (κ2) is 7.06. The number of pyridine rings is 1. The SMILES string of the molecule is C=CC[n+]1c(-c2ccc(N)cc2)c2cc(N)ccc2c2ccccc21.[Cl-]. The van der Waals surface area contributed by atoms with Gasteiger partial charge in [0.2, 0.25) is 11.2 Å². The molecule has 130 valence electrons. The molecule has 1 heterocycles. The quantitative estimate of drug-likeness (QED) is 0.250. The molecule has 0 unspecified atom stereocenters. The van der Waals surface area contributed by atoms with Crippen LogP contribution in [0.1, 0.15) is 0 Å². The Morgan fingerprint density at radius 1 is 0.808 bits per heavy atom. The van der Waals surface area contributed by atoms with Crippen molar-refractivity contribution in [1.29, 1.82) is 0 Å². The van der Waals surface area contributed by atoms with Gasteiger partial charge in [-0.3, -0.25) is 0 Å². The minimum atomic E-state index is 0. The first-order valence-electron chi connectivity index (χ1n) is 8.29. The van der Waals surface area contributed by atoms with Crippen molar-refractivity contribution in [3.05, 3.63) is 79.4 Å². The van der Waals surface area contributed by atoms with Gasteiger partial charge in [0.1, 0.15) is 0 Å². The first-order chi connectivity index (χ1) is 12.2. The van der Waals surface area contributed by atoms with Crippen LogP contribution in [-0.2, 0) is 6.54 Å². The summed E-state index contributed by atoms with van der Waals surface area (Å²) in [7, 11) is 0. The van der Waals surface area contributed by atoms with Crippen LogP contribution in [0.3, 0.4) is 0 Å². The molecule has 3 aromatic carbocycles. The molecular formula is C22H20ClN3. The van der Waals surface area contributed by atoms with E-state index in [-0.39, 0.29) is 12.4 Å². The molecule has 0 bridgehead atoms. The van der Waals surface area contributed by atoms with Crippen LogP contribution < -0.4 is 28.4 Å². The number of anilines is 2. The third-order valence-corrected chi connectivity index (χ3v) is 4.55. The lowest BCUT2D eigenvalue weighted by atomic mass is 9.98. The molecule has 0 spiro atoms. The summed E-state index contributed by atoms with van der Waals surface area (Å²) in [6, 6.07) is 22.5. The number of fused-ring (bicyclic) bond motifs is 3.